The van der Waals surface area contributed by atoms with Crippen molar-refractivity contribution in [2.24, 2.45) is 5.73 Å². The highest BCUT2D eigenvalue weighted by Gasteiger charge is 2.35. The molecular weight excluding hydrogens is 426 g/mol. The average Bonchev–Trinajstić information content (AvgIpc) is 2.71. The van der Waals surface area contributed by atoms with Crippen molar-refractivity contribution in [2.45, 2.75) is 25.8 Å². The van der Waals surface area contributed by atoms with Crippen molar-refractivity contribution in [3.8, 4) is 5.75 Å². The minimum absolute atomic E-state index is 0.0300. The van der Waals surface area contributed by atoms with Gasteiger partial charge in [0.15, 0.2) is 0 Å². The van der Waals surface area contributed by atoms with E-state index in [-0.39, 0.29) is 30.0 Å². The maximum atomic E-state index is 13.0. The summed E-state index contributed by atoms with van der Waals surface area (Å²) < 4.78 is 5.20. The Bertz CT molecular complexity index is 947. The summed E-state index contributed by atoms with van der Waals surface area (Å²) in [6.45, 7) is 0.579. The molecule has 13 nitrogen and oxygen atoms in total. The normalized spacial score (nSPS) is 14.6. The maximum absolute atomic E-state index is 13.0. The lowest BCUT2D eigenvalue weighted by molar-refractivity contribution is -0.133. The molecular formula is C19H23N5O8. The van der Waals surface area contributed by atoms with Crippen LogP contribution in [0.2, 0.25) is 0 Å². The zero-order valence-electron chi connectivity index (χ0n) is 17.4. The second-order valence-electron chi connectivity index (χ2n) is 6.82. The number of hydrogen-bond donors (Lipinski definition) is 4. The standard InChI is InChI=1S/C19H23N5O8/c1-10(25)22-12(8-15(20)26)17(28)21-9-24-16(27)5-6-23(19(24)31)13-7-11(18(29)30)3-4-14(13)32-2/h3-4,7,12H,5-6,8-9H2,1-2H3,(H2,20,26)(H,21,28)(H,22,25)(H,29,30). The highest BCUT2D eigenvalue weighted by molar-refractivity contribution is 6.07. The lowest BCUT2D eigenvalue weighted by atomic mass is 10.1. The quantitative estimate of drug-likeness (QED) is 0.369. The second kappa shape index (κ2) is 10.2. The highest BCUT2D eigenvalue weighted by atomic mass is 16.5. The number of amides is 6. The van der Waals surface area contributed by atoms with Crippen molar-refractivity contribution in [1.82, 2.24) is 15.5 Å². The van der Waals surface area contributed by atoms with Crippen LogP contribution in [-0.4, -0.2) is 72.0 Å². The topological polar surface area (TPSA) is 188 Å². The number of nitrogens with zero attached hydrogens (tertiary/aromatic N) is 2. The Balaban J connectivity index is 2.21. The van der Waals surface area contributed by atoms with E-state index >= 15 is 0 Å². The van der Waals surface area contributed by atoms with E-state index in [2.05, 4.69) is 10.6 Å². The molecule has 32 heavy (non-hydrogen) atoms. The van der Waals surface area contributed by atoms with Gasteiger partial charge in [0.05, 0.1) is 24.8 Å². The van der Waals surface area contributed by atoms with E-state index < -0.39 is 54.8 Å². The van der Waals surface area contributed by atoms with Gasteiger partial charge in [0.25, 0.3) is 0 Å². The van der Waals surface area contributed by atoms with E-state index in [0.29, 0.717) is 0 Å². The van der Waals surface area contributed by atoms with Crippen molar-refractivity contribution >= 4 is 41.3 Å². The molecule has 172 valence electrons. The Morgan fingerprint density at radius 2 is 1.94 bits per heavy atom. The van der Waals surface area contributed by atoms with Crippen LogP contribution < -0.4 is 26.0 Å². The number of nitrogens with one attached hydrogen (secondary N) is 2. The summed E-state index contributed by atoms with van der Waals surface area (Å²) in [6.07, 6.45) is -0.572. The van der Waals surface area contributed by atoms with Crippen molar-refractivity contribution < 1.29 is 38.6 Å². The maximum Gasteiger partial charge on any atom is 0.335 e. The van der Waals surface area contributed by atoms with Crippen molar-refractivity contribution in [2.75, 3.05) is 25.2 Å². The summed E-state index contributed by atoms with van der Waals surface area (Å²) in [5.41, 5.74) is 5.14. The minimum atomic E-state index is -1.27. The van der Waals surface area contributed by atoms with Crippen LogP contribution in [0, 0.1) is 0 Å². The summed E-state index contributed by atoms with van der Waals surface area (Å²) in [7, 11) is 1.34. The number of imide groups is 1. The summed E-state index contributed by atoms with van der Waals surface area (Å²) in [5, 5.41) is 13.8. The number of hydrogen-bond acceptors (Lipinski definition) is 7. The fourth-order valence-electron chi connectivity index (χ4n) is 3.04. The van der Waals surface area contributed by atoms with Crippen LogP contribution in [0.25, 0.3) is 0 Å². The van der Waals surface area contributed by atoms with Gasteiger partial charge in [0.2, 0.25) is 23.6 Å². The number of rotatable bonds is 9. The number of carbonyl (C=O) groups excluding carboxylic acids is 5. The van der Waals surface area contributed by atoms with E-state index in [1.54, 1.807) is 0 Å². The molecule has 1 aromatic rings. The number of carboxylic acid groups (broad SMARTS) is 1. The third-order valence-corrected chi connectivity index (χ3v) is 4.54. The van der Waals surface area contributed by atoms with E-state index in [1.807, 2.05) is 0 Å². The summed E-state index contributed by atoms with van der Waals surface area (Å²) >= 11 is 0. The molecule has 1 aromatic carbocycles. The van der Waals surface area contributed by atoms with Crippen LogP contribution in [0.4, 0.5) is 10.5 Å². The van der Waals surface area contributed by atoms with Gasteiger partial charge in [0.1, 0.15) is 18.5 Å². The van der Waals surface area contributed by atoms with Crippen molar-refractivity contribution in [3.63, 3.8) is 0 Å². The molecule has 5 N–H and O–H groups in total. The number of nitrogens with two attached hydrogens (primary N) is 1. The van der Waals surface area contributed by atoms with Crippen LogP contribution in [-0.2, 0) is 19.2 Å². The molecule has 1 heterocycles. The predicted molar refractivity (Wildman–Crippen MR) is 109 cm³/mol. The summed E-state index contributed by atoms with van der Waals surface area (Å²) in [5.74, 6) is -3.80. The van der Waals surface area contributed by atoms with Crippen LogP contribution in [0.1, 0.15) is 30.1 Å². The molecule has 1 aliphatic heterocycles. The molecule has 13 heteroatoms. The molecule has 0 aliphatic carbocycles. The van der Waals surface area contributed by atoms with Crippen molar-refractivity contribution in [3.05, 3.63) is 23.8 Å². The average molecular weight is 449 g/mol. The first-order valence-corrected chi connectivity index (χ1v) is 9.41. The van der Waals surface area contributed by atoms with Crippen LogP contribution in [0.3, 0.4) is 0 Å². The number of carbonyl (C=O) groups is 6. The molecule has 1 atom stereocenters. The lowest BCUT2D eigenvalue weighted by Gasteiger charge is -2.35. The van der Waals surface area contributed by atoms with E-state index in [0.717, 1.165) is 16.7 Å². The Hall–Kier alpha value is -4.16. The first-order chi connectivity index (χ1) is 15.0. The van der Waals surface area contributed by atoms with Gasteiger partial charge in [-0.15, -0.1) is 0 Å². The lowest BCUT2D eigenvalue weighted by Crippen LogP contribution is -2.57. The first kappa shape index (κ1) is 24.1. The Morgan fingerprint density at radius 3 is 2.50 bits per heavy atom. The first-order valence-electron chi connectivity index (χ1n) is 9.41. The zero-order valence-corrected chi connectivity index (χ0v) is 17.4. The zero-order chi connectivity index (χ0) is 24.0. The highest BCUT2D eigenvalue weighted by Crippen LogP contribution is 2.32. The Labute approximate surface area is 182 Å². The summed E-state index contributed by atoms with van der Waals surface area (Å²) in [6, 6.07) is 1.85. The molecule has 0 bridgehead atoms. The van der Waals surface area contributed by atoms with Gasteiger partial charge >= 0.3 is 12.0 Å². The smallest absolute Gasteiger partial charge is 0.335 e. The number of benzene rings is 1. The second-order valence-corrected chi connectivity index (χ2v) is 6.82. The molecule has 0 radical (unpaired) electrons. The SMILES string of the molecule is COc1ccc(C(=O)O)cc1N1CCC(=O)N(CNC(=O)C(CC(N)=O)NC(C)=O)C1=O. The number of methoxy groups -OCH3 is 1. The minimum Gasteiger partial charge on any atom is -0.495 e. The third kappa shape index (κ3) is 5.71. The van der Waals surface area contributed by atoms with Crippen LogP contribution >= 0.6 is 0 Å². The van der Waals surface area contributed by atoms with Gasteiger partial charge in [-0.05, 0) is 18.2 Å². The van der Waals surface area contributed by atoms with E-state index in [1.165, 1.54) is 25.3 Å². The van der Waals surface area contributed by atoms with Crippen LogP contribution in [0.5, 0.6) is 5.75 Å². The molecule has 1 aliphatic rings. The number of aromatic carboxylic acids is 1. The fraction of sp³-hybridized carbons (Fsp3) is 0.368. The third-order valence-electron chi connectivity index (χ3n) is 4.54. The van der Waals surface area contributed by atoms with E-state index in [9.17, 15) is 33.9 Å². The van der Waals surface area contributed by atoms with Crippen molar-refractivity contribution in [1.29, 1.82) is 0 Å². The largest absolute Gasteiger partial charge is 0.495 e. The van der Waals surface area contributed by atoms with E-state index in [4.69, 9.17) is 10.5 Å². The van der Waals surface area contributed by atoms with Gasteiger partial charge in [-0.25, -0.2) is 14.5 Å². The number of anilines is 1. The predicted octanol–water partition coefficient (Wildman–Crippen LogP) is -0.994. The number of carboxylic acids is 1. The van der Waals surface area contributed by atoms with Gasteiger partial charge in [-0.3, -0.25) is 24.1 Å². The summed E-state index contributed by atoms with van der Waals surface area (Å²) in [4.78, 5) is 73.3. The molecule has 1 unspecified atom stereocenters. The number of urea groups is 1. The van der Waals surface area contributed by atoms with Gasteiger partial charge < -0.3 is 26.2 Å². The molecule has 6 amide bonds. The number of ether oxygens (including phenoxy) is 1. The fourth-order valence-corrected chi connectivity index (χ4v) is 3.04. The molecule has 1 fully saturated rings. The monoisotopic (exact) mass is 449 g/mol. The molecule has 0 saturated carbocycles. The Morgan fingerprint density at radius 1 is 1.25 bits per heavy atom. The molecule has 0 aromatic heterocycles. The molecule has 0 spiro atoms. The van der Waals surface area contributed by atoms with Gasteiger partial charge in [-0.1, -0.05) is 0 Å². The van der Waals surface area contributed by atoms with Gasteiger partial charge in [0, 0.05) is 19.9 Å². The molecule has 1 saturated heterocycles. The van der Waals surface area contributed by atoms with Gasteiger partial charge in [-0.2, -0.15) is 0 Å². The molecule has 2 rings (SSSR count). The Kier molecular flexibility index (Phi) is 7.71. The van der Waals surface area contributed by atoms with Crippen LogP contribution in [0.15, 0.2) is 18.2 Å². The number of primary amides is 1.